The lowest BCUT2D eigenvalue weighted by molar-refractivity contribution is -0.112. The van der Waals surface area contributed by atoms with E-state index in [0.29, 0.717) is 28.6 Å². The Morgan fingerprint density at radius 1 is 1.36 bits per heavy atom. The highest BCUT2D eigenvalue weighted by molar-refractivity contribution is 9.10. The van der Waals surface area contributed by atoms with Crippen LogP contribution in [-0.2, 0) is 4.79 Å². The number of hydrogen-bond donors (Lipinski definition) is 1. The summed E-state index contributed by atoms with van der Waals surface area (Å²) in [5, 5.41) is 12.6. The molecule has 0 atom stereocenters. The number of rotatable bonds is 5. The van der Waals surface area contributed by atoms with Crippen molar-refractivity contribution in [3.05, 3.63) is 62.6 Å². The molecular formula is C19H16BrClN2O2. The molecule has 1 amide bonds. The van der Waals surface area contributed by atoms with E-state index in [2.05, 4.69) is 21.2 Å². The second-order valence-electron chi connectivity index (χ2n) is 5.20. The van der Waals surface area contributed by atoms with Gasteiger partial charge in [0.25, 0.3) is 5.91 Å². The minimum Gasteiger partial charge on any atom is -0.493 e. The van der Waals surface area contributed by atoms with Crippen molar-refractivity contribution >= 4 is 45.2 Å². The van der Waals surface area contributed by atoms with Crippen molar-refractivity contribution in [2.75, 3.05) is 11.9 Å². The van der Waals surface area contributed by atoms with Crippen LogP contribution in [-0.4, -0.2) is 12.5 Å². The summed E-state index contributed by atoms with van der Waals surface area (Å²) in [5.74, 6) is 0.0977. The van der Waals surface area contributed by atoms with E-state index in [1.807, 2.05) is 26.0 Å². The number of ether oxygens (including phenoxy) is 1. The number of hydrogen-bond acceptors (Lipinski definition) is 3. The van der Waals surface area contributed by atoms with Crippen LogP contribution in [0.25, 0.3) is 6.08 Å². The number of carbonyl (C=O) groups is 1. The summed E-state index contributed by atoms with van der Waals surface area (Å²) in [4.78, 5) is 12.5. The highest BCUT2D eigenvalue weighted by Gasteiger charge is 2.13. The molecule has 2 rings (SSSR count). The Balaban J connectivity index is 2.34. The van der Waals surface area contributed by atoms with Gasteiger partial charge in [-0.15, -0.1) is 0 Å². The first kappa shape index (κ1) is 19.0. The van der Waals surface area contributed by atoms with Crippen molar-refractivity contribution < 1.29 is 9.53 Å². The van der Waals surface area contributed by atoms with Crippen molar-refractivity contribution in [1.82, 2.24) is 0 Å². The van der Waals surface area contributed by atoms with Crippen LogP contribution in [0.1, 0.15) is 18.1 Å². The Hall–Kier alpha value is -2.29. The van der Waals surface area contributed by atoms with Gasteiger partial charge in [-0.2, -0.15) is 5.26 Å². The molecule has 0 aliphatic heterocycles. The average Bonchev–Trinajstić information content (AvgIpc) is 2.58. The normalized spacial score (nSPS) is 10.9. The van der Waals surface area contributed by atoms with E-state index in [4.69, 9.17) is 16.3 Å². The fourth-order valence-corrected chi connectivity index (χ4v) is 2.69. The zero-order chi connectivity index (χ0) is 18.4. The van der Waals surface area contributed by atoms with Crippen LogP contribution in [0.5, 0.6) is 5.75 Å². The molecule has 25 heavy (non-hydrogen) atoms. The molecule has 0 aliphatic rings. The Labute approximate surface area is 160 Å². The molecule has 0 heterocycles. The van der Waals surface area contributed by atoms with Gasteiger partial charge in [-0.3, -0.25) is 4.79 Å². The first-order valence-corrected chi connectivity index (χ1v) is 8.73. The van der Waals surface area contributed by atoms with Gasteiger partial charge in [0.2, 0.25) is 0 Å². The van der Waals surface area contributed by atoms with Gasteiger partial charge < -0.3 is 10.1 Å². The maximum Gasteiger partial charge on any atom is 0.266 e. The lowest BCUT2D eigenvalue weighted by Gasteiger charge is -2.10. The lowest BCUT2D eigenvalue weighted by Crippen LogP contribution is -2.14. The zero-order valence-electron chi connectivity index (χ0n) is 13.8. The van der Waals surface area contributed by atoms with Crippen molar-refractivity contribution in [2.45, 2.75) is 13.8 Å². The number of benzene rings is 2. The number of amides is 1. The third kappa shape index (κ3) is 5.09. The molecule has 128 valence electrons. The molecule has 2 aromatic rings. The molecule has 0 saturated heterocycles. The van der Waals surface area contributed by atoms with Crippen LogP contribution in [0.4, 0.5) is 5.69 Å². The number of halogens is 2. The van der Waals surface area contributed by atoms with Crippen LogP contribution in [0.3, 0.4) is 0 Å². The van der Waals surface area contributed by atoms with Crippen LogP contribution in [0, 0.1) is 18.3 Å². The second-order valence-corrected chi connectivity index (χ2v) is 6.55. The third-order valence-corrected chi connectivity index (χ3v) is 4.11. The van der Waals surface area contributed by atoms with Crippen LogP contribution < -0.4 is 10.1 Å². The maximum absolute atomic E-state index is 12.5. The number of anilines is 1. The van der Waals surface area contributed by atoms with Gasteiger partial charge in [-0.05, 0) is 55.8 Å². The van der Waals surface area contributed by atoms with Gasteiger partial charge in [0.15, 0.2) is 0 Å². The number of nitrogens with one attached hydrogen (secondary N) is 1. The molecule has 4 nitrogen and oxygen atoms in total. The lowest BCUT2D eigenvalue weighted by atomic mass is 10.1. The Morgan fingerprint density at radius 3 is 2.80 bits per heavy atom. The van der Waals surface area contributed by atoms with Crippen molar-refractivity contribution in [1.29, 1.82) is 5.26 Å². The average molecular weight is 420 g/mol. The number of aryl methyl sites for hydroxylation is 1. The van der Waals surface area contributed by atoms with Crippen molar-refractivity contribution in [3.63, 3.8) is 0 Å². The third-order valence-electron chi connectivity index (χ3n) is 3.38. The standard InChI is InChI=1S/C19H16BrClN2O2/c1-3-25-18-7-5-15(20)9-13(18)8-14(11-22)19(24)23-17-10-16(21)6-4-12(17)2/h4-10H,3H2,1-2H3,(H,23,24)/b14-8+. The van der Waals surface area contributed by atoms with Gasteiger partial charge in [0.1, 0.15) is 17.4 Å². The molecule has 0 aliphatic carbocycles. The van der Waals surface area contributed by atoms with Gasteiger partial charge in [-0.1, -0.05) is 33.6 Å². The molecule has 6 heteroatoms. The van der Waals surface area contributed by atoms with E-state index in [-0.39, 0.29) is 5.57 Å². The predicted molar refractivity (Wildman–Crippen MR) is 104 cm³/mol. The largest absolute Gasteiger partial charge is 0.493 e. The molecule has 0 aromatic heterocycles. The summed E-state index contributed by atoms with van der Waals surface area (Å²) in [6, 6.07) is 12.5. The van der Waals surface area contributed by atoms with Crippen LogP contribution in [0.15, 0.2) is 46.4 Å². The monoisotopic (exact) mass is 418 g/mol. The van der Waals surface area contributed by atoms with Crippen LogP contribution >= 0.6 is 27.5 Å². The highest BCUT2D eigenvalue weighted by Crippen LogP contribution is 2.26. The first-order valence-electron chi connectivity index (χ1n) is 7.56. The van der Waals surface area contributed by atoms with Crippen LogP contribution in [0.2, 0.25) is 5.02 Å². The second kappa shape index (κ2) is 8.70. The Morgan fingerprint density at radius 2 is 2.12 bits per heavy atom. The number of nitriles is 1. The summed E-state index contributed by atoms with van der Waals surface area (Å²) >= 11 is 9.35. The summed E-state index contributed by atoms with van der Waals surface area (Å²) in [6.07, 6.45) is 1.50. The number of nitrogens with zero attached hydrogens (tertiary/aromatic N) is 1. The molecular weight excluding hydrogens is 404 g/mol. The fourth-order valence-electron chi connectivity index (χ4n) is 2.14. The summed E-state index contributed by atoms with van der Waals surface area (Å²) < 4.78 is 6.37. The molecule has 2 aromatic carbocycles. The van der Waals surface area contributed by atoms with Crippen molar-refractivity contribution in [2.24, 2.45) is 0 Å². The van der Waals surface area contributed by atoms with E-state index >= 15 is 0 Å². The van der Waals surface area contributed by atoms with E-state index in [1.54, 1.807) is 30.3 Å². The zero-order valence-corrected chi connectivity index (χ0v) is 16.1. The van der Waals surface area contributed by atoms with E-state index in [1.165, 1.54) is 6.08 Å². The highest BCUT2D eigenvalue weighted by atomic mass is 79.9. The van der Waals surface area contributed by atoms with Crippen molar-refractivity contribution in [3.8, 4) is 11.8 Å². The smallest absolute Gasteiger partial charge is 0.266 e. The van der Waals surface area contributed by atoms with Gasteiger partial charge in [0.05, 0.1) is 6.61 Å². The number of carbonyl (C=O) groups excluding carboxylic acids is 1. The molecule has 0 unspecified atom stereocenters. The van der Waals surface area contributed by atoms with Gasteiger partial charge in [-0.25, -0.2) is 0 Å². The Bertz CT molecular complexity index is 872. The molecule has 0 spiro atoms. The molecule has 0 fully saturated rings. The van der Waals surface area contributed by atoms with E-state index in [0.717, 1.165) is 10.0 Å². The minimum atomic E-state index is -0.504. The fraction of sp³-hybridized carbons (Fsp3) is 0.158. The summed E-state index contributed by atoms with van der Waals surface area (Å²) in [7, 11) is 0. The summed E-state index contributed by atoms with van der Waals surface area (Å²) in [6.45, 7) is 4.21. The molecule has 0 saturated carbocycles. The predicted octanol–water partition coefficient (Wildman–Crippen LogP) is 5.36. The Kier molecular flexibility index (Phi) is 6.63. The topological polar surface area (TPSA) is 62.1 Å². The maximum atomic E-state index is 12.5. The van der Waals surface area contributed by atoms with E-state index < -0.39 is 5.91 Å². The SMILES string of the molecule is CCOc1ccc(Br)cc1/C=C(\C#N)C(=O)Nc1cc(Cl)ccc1C. The summed E-state index contributed by atoms with van der Waals surface area (Å²) in [5.41, 5.74) is 2.04. The van der Waals surface area contributed by atoms with E-state index in [9.17, 15) is 10.1 Å². The first-order chi connectivity index (χ1) is 11.9. The van der Waals surface area contributed by atoms with Gasteiger partial charge >= 0.3 is 0 Å². The molecule has 1 N–H and O–H groups in total. The molecule has 0 radical (unpaired) electrons. The van der Waals surface area contributed by atoms with Gasteiger partial charge in [0, 0.05) is 20.7 Å². The molecule has 0 bridgehead atoms. The quantitative estimate of drug-likeness (QED) is 0.524. The minimum absolute atomic E-state index is 0.0292.